The lowest BCUT2D eigenvalue weighted by molar-refractivity contribution is 0.577. The second-order valence-electron chi connectivity index (χ2n) is 5.53. The Morgan fingerprint density at radius 3 is 2.08 bits per heavy atom. The van der Waals surface area contributed by atoms with Crippen LogP contribution in [-0.2, 0) is 6.42 Å². The van der Waals surface area contributed by atoms with Gasteiger partial charge in [0.25, 0.3) is 0 Å². The minimum absolute atomic E-state index is 0.150. The number of benzene rings is 2. The van der Waals surface area contributed by atoms with Crippen molar-refractivity contribution in [2.75, 3.05) is 0 Å². The number of aryl methyl sites for hydroxylation is 1. The molecule has 118 valence electrons. The molecule has 3 aromatic rings. The van der Waals surface area contributed by atoms with E-state index in [4.69, 9.17) is 5.26 Å². The maximum absolute atomic E-state index is 13.6. The second-order valence-corrected chi connectivity index (χ2v) is 5.53. The van der Waals surface area contributed by atoms with Crippen LogP contribution in [0.4, 0.5) is 4.39 Å². The Bertz CT molecular complexity index is 878. The summed E-state index contributed by atoms with van der Waals surface area (Å²) in [7, 11) is 0. The van der Waals surface area contributed by atoms with E-state index in [1.165, 1.54) is 11.8 Å². The van der Waals surface area contributed by atoms with Crippen LogP contribution in [0.25, 0.3) is 22.5 Å². The molecule has 0 saturated carbocycles. The van der Waals surface area contributed by atoms with Crippen LogP contribution >= 0.6 is 0 Å². The molecule has 3 nitrogen and oxygen atoms in total. The first-order valence-corrected chi connectivity index (χ1v) is 7.83. The molecule has 3 rings (SSSR count). The molecular formula is C20H16FN3. The molecule has 0 unspecified atom stereocenters. The zero-order valence-electron chi connectivity index (χ0n) is 13.3. The fourth-order valence-corrected chi connectivity index (χ4v) is 2.54. The molecule has 0 aliphatic rings. The smallest absolute Gasteiger partial charge is 0.234 e. The van der Waals surface area contributed by atoms with Gasteiger partial charge in [0, 0.05) is 5.56 Å². The van der Waals surface area contributed by atoms with Crippen LogP contribution in [0.3, 0.4) is 0 Å². The summed E-state index contributed by atoms with van der Waals surface area (Å²) in [6.45, 7) is 2.17. The van der Waals surface area contributed by atoms with Gasteiger partial charge in [-0.15, -0.1) is 0 Å². The fraction of sp³-hybridized carbons (Fsp3) is 0.150. The summed E-state index contributed by atoms with van der Waals surface area (Å²) in [6.07, 6.45) is 3.42. The minimum atomic E-state index is -0.793. The molecule has 4 heteroatoms. The molecule has 0 saturated heterocycles. The van der Waals surface area contributed by atoms with Gasteiger partial charge in [-0.3, -0.25) is 0 Å². The first kappa shape index (κ1) is 15.8. The molecule has 1 heterocycles. The monoisotopic (exact) mass is 317 g/mol. The van der Waals surface area contributed by atoms with E-state index in [2.05, 4.69) is 41.2 Å². The van der Waals surface area contributed by atoms with Crippen LogP contribution < -0.4 is 0 Å². The van der Waals surface area contributed by atoms with Gasteiger partial charge in [0.05, 0.1) is 6.20 Å². The maximum Gasteiger partial charge on any atom is 0.234 e. The normalized spacial score (nSPS) is 10.4. The molecule has 0 radical (unpaired) electrons. The number of rotatable bonds is 4. The highest BCUT2D eigenvalue weighted by atomic mass is 19.1. The van der Waals surface area contributed by atoms with E-state index in [1.807, 2.05) is 24.3 Å². The maximum atomic E-state index is 13.6. The Labute approximate surface area is 140 Å². The van der Waals surface area contributed by atoms with E-state index < -0.39 is 5.95 Å². The van der Waals surface area contributed by atoms with Crippen molar-refractivity contribution in [3.63, 3.8) is 0 Å². The highest BCUT2D eigenvalue weighted by Gasteiger charge is 2.08. The first-order valence-electron chi connectivity index (χ1n) is 7.83. The number of halogens is 1. The average Bonchev–Trinajstić information content (AvgIpc) is 2.63. The van der Waals surface area contributed by atoms with E-state index in [0.717, 1.165) is 24.0 Å². The van der Waals surface area contributed by atoms with Crippen molar-refractivity contribution in [3.8, 4) is 28.6 Å². The third kappa shape index (κ3) is 3.31. The van der Waals surface area contributed by atoms with E-state index in [1.54, 1.807) is 6.07 Å². The minimum Gasteiger partial charge on any atom is -0.235 e. The average molecular weight is 317 g/mol. The van der Waals surface area contributed by atoms with Crippen molar-refractivity contribution in [1.82, 2.24) is 9.97 Å². The number of hydrogen-bond acceptors (Lipinski definition) is 3. The zero-order valence-corrected chi connectivity index (χ0v) is 13.3. The summed E-state index contributed by atoms with van der Waals surface area (Å²) in [5, 5.41) is 8.73. The van der Waals surface area contributed by atoms with E-state index in [9.17, 15) is 4.39 Å². The largest absolute Gasteiger partial charge is 0.235 e. The van der Waals surface area contributed by atoms with E-state index in [0.29, 0.717) is 5.56 Å². The molecule has 0 atom stereocenters. The molecule has 24 heavy (non-hydrogen) atoms. The predicted octanol–water partition coefficient (Wildman–Crippen LogP) is 4.77. The highest BCUT2D eigenvalue weighted by Crippen LogP contribution is 2.24. The Morgan fingerprint density at radius 2 is 1.54 bits per heavy atom. The van der Waals surface area contributed by atoms with Crippen LogP contribution in [0.15, 0.2) is 54.7 Å². The Balaban J connectivity index is 1.85. The lowest BCUT2D eigenvalue weighted by Gasteiger charge is -2.06. The van der Waals surface area contributed by atoms with Gasteiger partial charge in [0.1, 0.15) is 11.6 Å². The molecule has 0 fully saturated rings. The SMILES string of the molecule is CCCc1ccc(-c2ccc(-c3ncc(C#N)c(F)n3)cc2)cc1. The molecular weight excluding hydrogens is 301 g/mol. The number of hydrogen-bond donors (Lipinski definition) is 0. The Hall–Kier alpha value is -3.06. The third-order valence-electron chi connectivity index (χ3n) is 3.83. The Morgan fingerprint density at radius 1 is 0.958 bits per heavy atom. The number of aromatic nitrogens is 2. The zero-order chi connectivity index (χ0) is 16.9. The summed E-state index contributed by atoms with van der Waals surface area (Å²) >= 11 is 0. The summed E-state index contributed by atoms with van der Waals surface area (Å²) < 4.78 is 13.6. The van der Waals surface area contributed by atoms with Gasteiger partial charge in [0.2, 0.25) is 5.95 Å². The fourth-order valence-electron chi connectivity index (χ4n) is 2.54. The standard InChI is InChI=1S/C20H16FN3/c1-2-3-14-4-6-15(7-5-14)16-8-10-17(11-9-16)20-23-13-18(12-22)19(21)24-20/h4-11,13H,2-3H2,1H3. The van der Waals surface area contributed by atoms with Gasteiger partial charge in [0.15, 0.2) is 5.82 Å². The Kier molecular flexibility index (Phi) is 4.62. The summed E-state index contributed by atoms with van der Waals surface area (Å²) in [6, 6.07) is 17.9. The third-order valence-corrected chi connectivity index (χ3v) is 3.83. The van der Waals surface area contributed by atoms with Crippen LogP contribution in [0, 0.1) is 17.3 Å². The van der Waals surface area contributed by atoms with Crippen molar-refractivity contribution in [2.24, 2.45) is 0 Å². The van der Waals surface area contributed by atoms with Crippen LogP contribution in [-0.4, -0.2) is 9.97 Å². The van der Waals surface area contributed by atoms with Crippen LogP contribution in [0.2, 0.25) is 0 Å². The summed E-state index contributed by atoms with van der Waals surface area (Å²) in [4.78, 5) is 7.79. The van der Waals surface area contributed by atoms with Gasteiger partial charge in [-0.25, -0.2) is 4.98 Å². The molecule has 1 aromatic heterocycles. The quantitative estimate of drug-likeness (QED) is 0.651. The van der Waals surface area contributed by atoms with Crippen LogP contribution in [0.5, 0.6) is 0 Å². The van der Waals surface area contributed by atoms with Crippen molar-refractivity contribution in [2.45, 2.75) is 19.8 Å². The lowest BCUT2D eigenvalue weighted by Crippen LogP contribution is -1.95. The topological polar surface area (TPSA) is 49.6 Å². The van der Waals surface area contributed by atoms with Crippen molar-refractivity contribution >= 4 is 0 Å². The van der Waals surface area contributed by atoms with Crippen molar-refractivity contribution in [3.05, 3.63) is 71.8 Å². The molecule has 0 amide bonds. The molecule has 0 aliphatic carbocycles. The predicted molar refractivity (Wildman–Crippen MR) is 91.6 cm³/mol. The van der Waals surface area contributed by atoms with E-state index >= 15 is 0 Å². The van der Waals surface area contributed by atoms with Gasteiger partial charge in [-0.2, -0.15) is 14.6 Å². The number of nitrogens with zero attached hydrogens (tertiary/aromatic N) is 3. The highest BCUT2D eigenvalue weighted by molar-refractivity contribution is 5.67. The second kappa shape index (κ2) is 7.01. The lowest BCUT2D eigenvalue weighted by atomic mass is 10.0. The molecule has 0 bridgehead atoms. The van der Waals surface area contributed by atoms with Gasteiger partial charge in [-0.1, -0.05) is 61.9 Å². The van der Waals surface area contributed by atoms with Gasteiger partial charge in [-0.05, 0) is 23.1 Å². The van der Waals surface area contributed by atoms with Gasteiger partial charge < -0.3 is 0 Å². The van der Waals surface area contributed by atoms with E-state index in [-0.39, 0.29) is 11.4 Å². The summed E-state index contributed by atoms with van der Waals surface area (Å²) in [5.74, 6) is -0.519. The molecule has 0 spiro atoms. The number of nitriles is 1. The van der Waals surface area contributed by atoms with Gasteiger partial charge >= 0.3 is 0 Å². The summed E-state index contributed by atoms with van der Waals surface area (Å²) in [5.41, 5.74) is 4.11. The van der Waals surface area contributed by atoms with Crippen molar-refractivity contribution < 1.29 is 4.39 Å². The molecule has 0 aliphatic heterocycles. The molecule has 0 N–H and O–H groups in total. The molecule has 2 aromatic carbocycles. The van der Waals surface area contributed by atoms with Crippen LogP contribution in [0.1, 0.15) is 24.5 Å². The first-order chi connectivity index (χ1) is 11.7. The van der Waals surface area contributed by atoms with Crippen molar-refractivity contribution in [1.29, 1.82) is 5.26 Å².